The zero-order valence-electron chi connectivity index (χ0n) is 9.67. The maximum Gasteiger partial charge on any atom is 0.364 e. The Labute approximate surface area is 102 Å². The summed E-state index contributed by atoms with van der Waals surface area (Å²) in [5.74, 6) is 0.687. The predicted molar refractivity (Wildman–Crippen MR) is 63.5 cm³/mol. The molecule has 0 aromatic carbocycles. The Hall–Kier alpha value is -1.89. The normalized spacial score (nSPS) is 30.1. The molecule has 94 valence electrons. The summed E-state index contributed by atoms with van der Waals surface area (Å²) in [6, 6.07) is 3.90. The largest absolute Gasteiger partial charge is 0.373 e. The molecule has 4 rings (SSSR count). The van der Waals surface area contributed by atoms with Crippen LogP contribution in [0.5, 0.6) is 0 Å². The van der Waals surface area contributed by atoms with Gasteiger partial charge in [-0.3, -0.25) is 0 Å². The van der Waals surface area contributed by atoms with E-state index < -0.39 is 0 Å². The molecule has 0 saturated carbocycles. The first-order valence-electron chi connectivity index (χ1n) is 6.16. The van der Waals surface area contributed by atoms with E-state index in [1.807, 2.05) is 6.07 Å². The van der Waals surface area contributed by atoms with E-state index >= 15 is 0 Å². The van der Waals surface area contributed by atoms with E-state index in [0.717, 1.165) is 19.3 Å². The molecule has 3 unspecified atom stereocenters. The molecule has 2 aliphatic rings. The molecule has 2 aromatic heterocycles. The van der Waals surface area contributed by atoms with Crippen molar-refractivity contribution in [3.63, 3.8) is 0 Å². The van der Waals surface area contributed by atoms with Crippen LogP contribution < -0.4 is 11.0 Å². The minimum atomic E-state index is -0.321. The molecule has 2 fully saturated rings. The Bertz CT molecular complexity index is 648. The van der Waals surface area contributed by atoms with Crippen molar-refractivity contribution in [2.45, 2.75) is 37.5 Å². The average Bonchev–Trinajstić information content (AvgIpc) is 3.06. The predicted octanol–water partition coefficient (Wildman–Crippen LogP) is 0.149. The van der Waals surface area contributed by atoms with Gasteiger partial charge in [-0.1, -0.05) is 0 Å². The van der Waals surface area contributed by atoms with Crippen LogP contribution in [-0.4, -0.2) is 38.1 Å². The third-order valence-corrected chi connectivity index (χ3v) is 3.71. The molecule has 2 aromatic rings. The van der Waals surface area contributed by atoms with Gasteiger partial charge in [-0.05, 0) is 31.4 Å². The number of nitrogens with zero attached hydrogens (tertiary/aromatic N) is 3. The van der Waals surface area contributed by atoms with Crippen LogP contribution >= 0.6 is 0 Å². The van der Waals surface area contributed by atoms with Gasteiger partial charge in [-0.15, -0.1) is 5.10 Å². The first-order valence-corrected chi connectivity index (χ1v) is 6.16. The summed E-state index contributed by atoms with van der Waals surface area (Å²) in [6.07, 6.45) is 3.97. The van der Waals surface area contributed by atoms with Gasteiger partial charge in [0.2, 0.25) is 0 Å². The van der Waals surface area contributed by atoms with Gasteiger partial charge in [0.05, 0.1) is 18.2 Å². The number of ether oxygens (including phenoxy) is 1. The van der Waals surface area contributed by atoms with Crippen LogP contribution in [-0.2, 0) is 4.74 Å². The van der Waals surface area contributed by atoms with Gasteiger partial charge in [0.15, 0.2) is 5.65 Å². The van der Waals surface area contributed by atoms with Crippen LogP contribution in [0.25, 0.3) is 5.65 Å². The van der Waals surface area contributed by atoms with Gasteiger partial charge in [-0.2, -0.15) is 9.61 Å². The fraction of sp³-hybridized carbons (Fsp3) is 0.545. The maximum absolute atomic E-state index is 11.4. The zero-order chi connectivity index (χ0) is 12.1. The van der Waals surface area contributed by atoms with Crippen LogP contribution in [0.1, 0.15) is 19.3 Å². The highest BCUT2D eigenvalue weighted by Crippen LogP contribution is 2.35. The second-order valence-electron chi connectivity index (χ2n) is 4.88. The molecule has 2 bridgehead atoms. The smallest absolute Gasteiger partial charge is 0.364 e. The van der Waals surface area contributed by atoms with Gasteiger partial charge >= 0.3 is 5.69 Å². The van der Waals surface area contributed by atoms with Crippen LogP contribution in [0.15, 0.2) is 16.9 Å². The number of aromatic nitrogens is 4. The topological polar surface area (TPSA) is 84.3 Å². The molecular formula is C11H13N5O2. The summed E-state index contributed by atoms with van der Waals surface area (Å²) < 4.78 is 7.04. The minimum absolute atomic E-state index is 0.286. The summed E-state index contributed by atoms with van der Waals surface area (Å²) in [5, 5.41) is 13.8. The fourth-order valence-electron chi connectivity index (χ4n) is 2.86. The van der Waals surface area contributed by atoms with Gasteiger partial charge in [0, 0.05) is 0 Å². The molecular weight excluding hydrogens is 234 g/mol. The first-order chi connectivity index (χ1) is 8.79. The summed E-state index contributed by atoms with van der Waals surface area (Å²) in [4.78, 5) is 11.4. The van der Waals surface area contributed by atoms with E-state index in [-0.39, 0.29) is 11.8 Å². The highest BCUT2D eigenvalue weighted by Gasteiger charge is 2.40. The van der Waals surface area contributed by atoms with Gasteiger partial charge in [0.25, 0.3) is 0 Å². The lowest BCUT2D eigenvalue weighted by Gasteiger charge is -2.20. The summed E-state index contributed by atoms with van der Waals surface area (Å²) >= 11 is 0. The molecule has 2 N–H and O–H groups in total. The quantitative estimate of drug-likeness (QED) is 0.789. The van der Waals surface area contributed by atoms with Crippen molar-refractivity contribution in [3.05, 3.63) is 22.6 Å². The van der Waals surface area contributed by atoms with Gasteiger partial charge in [0.1, 0.15) is 5.82 Å². The van der Waals surface area contributed by atoms with Crippen LogP contribution in [0.3, 0.4) is 0 Å². The van der Waals surface area contributed by atoms with E-state index in [4.69, 9.17) is 4.74 Å². The molecule has 3 atom stereocenters. The zero-order valence-corrected chi connectivity index (χ0v) is 9.67. The van der Waals surface area contributed by atoms with E-state index in [1.54, 1.807) is 6.07 Å². The van der Waals surface area contributed by atoms with E-state index in [9.17, 15) is 4.79 Å². The molecule has 0 radical (unpaired) electrons. The molecule has 7 nitrogen and oxygen atoms in total. The molecule has 4 heterocycles. The Morgan fingerprint density at radius 1 is 1.44 bits per heavy atom. The molecule has 0 aliphatic carbocycles. The summed E-state index contributed by atoms with van der Waals surface area (Å²) in [5.41, 5.74) is 0.201. The monoisotopic (exact) mass is 247 g/mol. The number of H-pyrrole nitrogens is 1. The number of fused-ring (bicyclic) bond motifs is 3. The van der Waals surface area contributed by atoms with Crippen molar-refractivity contribution in [3.8, 4) is 0 Å². The lowest BCUT2D eigenvalue weighted by molar-refractivity contribution is 0.102. The van der Waals surface area contributed by atoms with Gasteiger partial charge in [-0.25, -0.2) is 9.89 Å². The molecule has 0 amide bonds. The van der Waals surface area contributed by atoms with Crippen molar-refractivity contribution in [2.24, 2.45) is 0 Å². The lowest BCUT2D eigenvalue weighted by atomic mass is 9.95. The van der Waals surface area contributed by atoms with E-state index in [0.29, 0.717) is 23.6 Å². The van der Waals surface area contributed by atoms with Crippen LogP contribution in [0, 0.1) is 0 Å². The molecule has 2 aliphatic heterocycles. The molecule has 18 heavy (non-hydrogen) atoms. The van der Waals surface area contributed by atoms with E-state index in [1.165, 1.54) is 4.52 Å². The SMILES string of the molecule is O=c1[nH]nc2ccc(NC3CC4CCC3O4)nn12. The maximum atomic E-state index is 11.4. The average molecular weight is 247 g/mol. The Kier molecular flexibility index (Phi) is 1.99. The van der Waals surface area contributed by atoms with Crippen molar-refractivity contribution in [1.29, 1.82) is 0 Å². The minimum Gasteiger partial charge on any atom is -0.373 e. The number of rotatable bonds is 2. The molecule has 2 saturated heterocycles. The standard InChI is InChI=1S/C11H13N5O2/c17-11-14-13-10-4-3-9(15-16(10)11)12-7-5-6-1-2-8(7)18-6/h3-4,6-8H,1-2,5H2,(H,12,15)(H,14,17). The molecule has 7 heteroatoms. The Morgan fingerprint density at radius 2 is 2.39 bits per heavy atom. The number of aromatic amines is 1. The highest BCUT2D eigenvalue weighted by atomic mass is 16.5. The van der Waals surface area contributed by atoms with Crippen molar-refractivity contribution >= 4 is 11.5 Å². The fourth-order valence-corrected chi connectivity index (χ4v) is 2.86. The van der Waals surface area contributed by atoms with Gasteiger partial charge < -0.3 is 10.1 Å². The van der Waals surface area contributed by atoms with Crippen molar-refractivity contribution < 1.29 is 4.74 Å². The second-order valence-corrected chi connectivity index (χ2v) is 4.88. The van der Waals surface area contributed by atoms with Crippen molar-refractivity contribution in [1.82, 2.24) is 19.8 Å². The lowest BCUT2D eigenvalue weighted by Crippen LogP contribution is -2.31. The summed E-state index contributed by atoms with van der Waals surface area (Å²) in [7, 11) is 0. The third kappa shape index (κ3) is 1.43. The second kappa shape index (κ2) is 3.55. The number of hydrogen-bond donors (Lipinski definition) is 2. The Balaban J connectivity index is 1.63. The first kappa shape index (κ1) is 10.1. The van der Waals surface area contributed by atoms with Crippen LogP contribution in [0.4, 0.5) is 5.82 Å². The highest BCUT2D eigenvalue weighted by molar-refractivity contribution is 5.43. The van der Waals surface area contributed by atoms with Crippen molar-refractivity contribution in [2.75, 3.05) is 5.32 Å². The summed E-state index contributed by atoms with van der Waals surface area (Å²) in [6.45, 7) is 0. The third-order valence-electron chi connectivity index (χ3n) is 3.71. The number of nitrogens with one attached hydrogen (secondary N) is 2. The molecule has 0 spiro atoms. The number of anilines is 1. The number of hydrogen-bond acceptors (Lipinski definition) is 5. The Morgan fingerprint density at radius 3 is 3.17 bits per heavy atom. The van der Waals surface area contributed by atoms with E-state index in [2.05, 4.69) is 20.6 Å². The van der Waals surface area contributed by atoms with Crippen LogP contribution in [0.2, 0.25) is 0 Å².